The van der Waals surface area contributed by atoms with Crippen molar-refractivity contribution in [3.63, 3.8) is 0 Å². The molecule has 0 radical (unpaired) electrons. The lowest BCUT2D eigenvalue weighted by molar-refractivity contribution is -0.586. The first-order valence-electron chi connectivity index (χ1n) is 12.7. The van der Waals surface area contributed by atoms with Gasteiger partial charge in [0.15, 0.2) is 11.2 Å². The summed E-state index contributed by atoms with van der Waals surface area (Å²) in [6, 6.07) is 44.6. The van der Waals surface area contributed by atoms with E-state index >= 15 is 0 Å². The molecule has 0 unspecified atom stereocenters. The van der Waals surface area contributed by atoms with Crippen molar-refractivity contribution in [1.29, 1.82) is 0 Å². The zero-order valence-corrected chi connectivity index (χ0v) is 22.3. The van der Waals surface area contributed by atoms with Gasteiger partial charge in [0.2, 0.25) is 0 Å². The molecular weight excluding hydrogens is 482 g/mol. The Balaban J connectivity index is 1.72. The summed E-state index contributed by atoms with van der Waals surface area (Å²) in [5.74, 6) is 0. The summed E-state index contributed by atoms with van der Waals surface area (Å²) in [4.78, 5) is 7.31. The largest absolute Gasteiger partial charge is 0.389 e. The third-order valence-corrected chi connectivity index (χ3v) is 7.59. The Labute approximate surface area is 227 Å². The van der Waals surface area contributed by atoms with Crippen molar-refractivity contribution in [3.8, 4) is 27.5 Å². The zero-order valence-electron chi connectivity index (χ0n) is 21.5. The average molecular weight is 511 g/mol. The van der Waals surface area contributed by atoms with Gasteiger partial charge < -0.3 is 4.90 Å². The van der Waals surface area contributed by atoms with E-state index in [1.807, 2.05) is 0 Å². The molecule has 0 atom stereocenters. The fourth-order valence-corrected chi connectivity index (χ4v) is 5.70. The normalized spacial score (nSPS) is 11.6. The molecule has 4 heteroatoms. The Morgan fingerprint density at radius 1 is 0.684 bits per heavy atom. The highest BCUT2D eigenvalue weighted by atomic mass is 32.1. The standard InChI is InChI=1S/C34H28N3S/c1-36(2)31(22-25-14-6-3-7-15-25)32-24-28(26-16-8-4-9-17-26)23-30(27-18-10-5-11-19-27)37(32)34-35-29-20-12-13-21-33(29)38-34/h3-24H,1-2H3/q+1. The number of aromatic nitrogens is 2. The van der Waals surface area contributed by atoms with Crippen LogP contribution in [0.25, 0.3) is 49.5 Å². The smallest absolute Gasteiger partial charge is 0.374 e. The van der Waals surface area contributed by atoms with Gasteiger partial charge in [0.25, 0.3) is 0 Å². The van der Waals surface area contributed by atoms with E-state index in [-0.39, 0.29) is 0 Å². The van der Waals surface area contributed by atoms with Crippen LogP contribution in [-0.4, -0.2) is 24.0 Å². The van der Waals surface area contributed by atoms with Crippen LogP contribution in [0.2, 0.25) is 0 Å². The Bertz CT molecular complexity index is 1690. The van der Waals surface area contributed by atoms with Gasteiger partial charge in [0.1, 0.15) is 5.69 Å². The monoisotopic (exact) mass is 510 g/mol. The average Bonchev–Trinajstić information content (AvgIpc) is 3.40. The first-order valence-corrected chi connectivity index (χ1v) is 13.5. The summed E-state index contributed by atoms with van der Waals surface area (Å²) in [5.41, 5.74) is 8.93. The van der Waals surface area contributed by atoms with E-state index in [0.29, 0.717) is 0 Å². The number of nitrogens with zero attached hydrogens (tertiary/aromatic N) is 3. The molecule has 4 aromatic carbocycles. The maximum Gasteiger partial charge on any atom is 0.389 e. The van der Waals surface area contributed by atoms with E-state index in [0.717, 1.165) is 44.4 Å². The van der Waals surface area contributed by atoms with E-state index in [4.69, 9.17) is 4.98 Å². The van der Waals surface area contributed by atoms with Crippen LogP contribution in [0, 0.1) is 0 Å². The Hall–Kier alpha value is -4.54. The fourth-order valence-electron chi connectivity index (χ4n) is 4.70. The molecule has 6 aromatic rings. The predicted molar refractivity (Wildman–Crippen MR) is 160 cm³/mol. The predicted octanol–water partition coefficient (Wildman–Crippen LogP) is 7.97. The van der Waals surface area contributed by atoms with Crippen LogP contribution in [0.3, 0.4) is 0 Å². The van der Waals surface area contributed by atoms with Crippen LogP contribution >= 0.6 is 11.3 Å². The van der Waals surface area contributed by atoms with Crippen molar-refractivity contribution in [2.24, 2.45) is 0 Å². The summed E-state index contributed by atoms with van der Waals surface area (Å²) < 4.78 is 3.49. The number of thiazole rings is 1. The van der Waals surface area contributed by atoms with E-state index in [9.17, 15) is 0 Å². The molecule has 0 amide bonds. The van der Waals surface area contributed by atoms with Crippen LogP contribution in [0.15, 0.2) is 127 Å². The van der Waals surface area contributed by atoms with Crippen LogP contribution in [0.1, 0.15) is 11.3 Å². The second-order valence-corrected chi connectivity index (χ2v) is 10.4. The van der Waals surface area contributed by atoms with Gasteiger partial charge in [-0.2, -0.15) is 4.57 Å². The van der Waals surface area contributed by atoms with E-state index < -0.39 is 0 Å². The fraction of sp³-hybridized carbons (Fsp3) is 0.0588. The molecule has 0 saturated heterocycles. The number of benzene rings is 4. The van der Waals surface area contributed by atoms with Gasteiger partial charge in [-0.15, -0.1) is 0 Å². The van der Waals surface area contributed by atoms with Crippen LogP contribution < -0.4 is 4.57 Å². The van der Waals surface area contributed by atoms with E-state index in [1.165, 1.54) is 10.3 Å². The summed E-state index contributed by atoms with van der Waals surface area (Å²) in [5, 5.41) is 0.945. The molecule has 3 nitrogen and oxygen atoms in total. The number of hydrogen-bond donors (Lipinski definition) is 0. The summed E-state index contributed by atoms with van der Waals surface area (Å²) >= 11 is 1.72. The van der Waals surface area contributed by atoms with Gasteiger partial charge in [-0.25, -0.2) is 0 Å². The molecule has 0 aliphatic heterocycles. The second kappa shape index (κ2) is 10.4. The SMILES string of the molecule is CN(C)C(=Cc1ccccc1)c1cc(-c2ccccc2)cc(-c2ccccc2)[n+]1-c1nc2ccccc2s1. The molecule has 0 bridgehead atoms. The highest BCUT2D eigenvalue weighted by Crippen LogP contribution is 2.32. The molecule has 0 saturated carbocycles. The minimum absolute atomic E-state index is 0.945. The van der Waals surface area contributed by atoms with Crippen LogP contribution in [0.5, 0.6) is 0 Å². The quantitative estimate of drug-likeness (QED) is 0.212. The molecule has 0 aliphatic rings. The third-order valence-electron chi connectivity index (χ3n) is 6.56. The summed E-state index contributed by atoms with van der Waals surface area (Å²) in [6.07, 6.45) is 2.25. The summed E-state index contributed by atoms with van der Waals surface area (Å²) in [7, 11) is 4.21. The first kappa shape index (κ1) is 23.8. The maximum absolute atomic E-state index is 5.12. The number of pyridine rings is 1. The van der Waals surface area contributed by atoms with Crippen LogP contribution in [-0.2, 0) is 0 Å². The molecule has 0 spiro atoms. The minimum Gasteiger partial charge on any atom is -0.374 e. The van der Waals surface area contributed by atoms with Gasteiger partial charge in [-0.05, 0) is 63.4 Å². The minimum atomic E-state index is 0.945. The molecule has 0 aliphatic carbocycles. The number of para-hydroxylation sites is 1. The number of rotatable bonds is 6. The van der Waals surface area contributed by atoms with Gasteiger partial charge >= 0.3 is 5.13 Å². The maximum atomic E-state index is 5.12. The van der Waals surface area contributed by atoms with Crippen molar-refractivity contribution < 1.29 is 4.57 Å². The van der Waals surface area contributed by atoms with Crippen molar-refractivity contribution in [2.45, 2.75) is 0 Å². The molecular formula is C34H28N3S+. The van der Waals surface area contributed by atoms with Crippen LogP contribution in [0.4, 0.5) is 0 Å². The van der Waals surface area contributed by atoms with Gasteiger partial charge in [0.05, 0.1) is 10.4 Å². The lowest BCUT2D eigenvalue weighted by atomic mass is 10.00. The first-order chi connectivity index (χ1) is 18.7. The molecule has 38 heavy (non-hydrogen) atoms. The van der Waals surface area contributed by atoms with Gasteiger partial charge in [-0.3, -0.25) is 0 Å². The highest BCUT2D eigenvalue weighted by molar-refractivity contribution is 7.20. The number of hydrogen-bond acceptors (Lipinski definition) is 3. The third kappa shape index (κ3) is 4.74. The molecule has 184 valence electrons. The lowest BCUT2D eigenvalue weighted by Gasteiger charge is -2.21. The molecule has 2 heterocycles. The van der Waals surface area contributed by atoms with E-state index in [2.05, 4.69) is 157 Å². The lowest BCUT2D eigenvalue weighted by Crippen LogP contribution is -2.39. The molecule has 0 N–H and O–H groups in total. The Morgan fingerprint density at radius 2 is 1.29 bits per heavy atom. The Morgan fingerprint density at radius 3 is 1.95 bits per heavy atom. The van der Waals surface area contributed by atoms with Crippen molar-refractivity contribution in [3.05, 3.63) is 139 Å². The molecule has 2 aromatic heterocycles. The molecule has 6 rings (SSSR count). The summed E-state index contributed by atoms with van der Waals surface area (Å²) in [6.45, 7) is 0. The topological polar surface area (TPSA) is 20.0 Å². The van der Waals surface area contributed by atoms with Crippen molar-refractivity contribution in [1.82, 2.24) is 9.88 Å². The van der Waals surface area contributed by atoms with Crippen molar-refractivity contribution >= 4 is 33.3 Å². The molecule has 0 fully saturated rings. The second-order valence-electron chi connectivity index (χ2n) is 9.38. The zero-order chi connectivity index (χ0) is 25.9. The van der Waals surface area contributed by atoms with Gasteiger partial charge in [0, 0.05) is 19.7 Å². The van der Waals surface area contributed by atoms with E-state index in [1.54, 1.807) is 11.3 Å². The van der Waals surface area contributed by atoms with Gasteiger partial charge in [-0.1, -0.05) is 103 Å². The Kier molecular flexibility index (Phi) is 6.55. The highest BCUT2D eigenvalue weighted by Gasteiger charge is 2.27. The van der Waals surface area contributed by atoms with Crippen molar-refractivity contribution in [2.75, 3.05) is 14.1 Å². The number of fused-ring (bicyclic) bond motifs is 1.